The number of nitrogens with one attached hydrogen (secondary N) is 1. The Hall–Kier alpha value is -1.31. The predicted octanol–water partition coefficient (Wildman–Crippen LogP) is 1.00. The zero-order valence-corrected chi connectivity index (χ0v) is 14.2. The summed E-state index contributed by atoms with van der Waals surface area (Å²) in [5.41, 5.74) is 2.54. The van der Waals surface area contributed by atoms with E-state index >= 15 is 0 Å². The highest BCUT2D eigenvalue weighted by Gasteiger charge is 2.19. The molecule has 0 atom stereocenters. The molecule has 0 radical (unpaired) electrons. The third-order valence-electron chi connectivity index (χ3n) is 3.81. The maximum atomic E-state index is 11.0. The Morgan fingerprint density at radius 1 is 1.18 bits per heavy atom. The lowest BCUT2D eigenvalue weighted by atomic mass is 9.98. The van der Waals surface area contributed by atoms with Gasteiger partial charge in [-0.1, -0.05) is 0 Å². The summed E-state index contributed by atoms with van der Waals surface area (Å²) in [6.07, 6.45) is 2.95. The van der Waals surface area contributed by atoms with E-state index in [1.165, 1.54) is 17.4 Å². The lowest BCUT2D eigenvalue weighted by molar-refractivity contribution is 0.250. The number of nitrogens with zero attached hydrogens (tertiary/aromatic N) is 1. The van der Waals surface area contributed by atoms with E-state index in [1.54, 1.807) is 14.2 Å². The molecule has 1 aromatic rings. The molecule has 0 spiro atoms. The molecule has 1 aromatic carbocycles. The van der Waals surface area contributed by atoms with Gasteiger partial charge in [0.15, 0.2) is 11.5 Å². The van der Waals surface area contributed by atoms with Gasteiger partial charge in [-0.25, -0.2) is 13.1 Å². The van der Waals surface area contributed by atoms with Crippen molar-refractivity contribution in [3.05, 3.63) is 23.3 Å². The molecular weight excluding hydrogens is 304 g/mol. The average molecular weight is 328 g/mol. The van der Waals surface area contributed by atoms with Crippen LogP contribution in [0.4, 0.5) is 0 Å². The Balaban J connectivity index is 1.93. The summed E-state index contributed by atoms with van der Waals surface area (Å²) < 4.78 is 35.3. The second-order valence-corrected chi connectivity index (χ2v) is 7.36. The highest BCUT2D eigenvalue weighted by molar-refractivity contribution is 7.88. The van der Waals surface area contributed by atoms with E-state index in [0.717, 1.165) is 44.0 Å². The van der Waals surface area contributed by atoms with Crippen LogP contribution in [-0.2, 0) is 23.0 Å². The Morgan fingerprint density at radius 2 is 1.82 bits per heavy atom. The largest absolute Gasteiger partial charge is 0.493 e. The first kappa shape index (κ1) is 17.1. The van der Waals surface area contributed by atoms with Crippen molar-refractivity contribution in [2.45, 2.75) is 19.4 Å². The molecule has 0 aromatic heterocycles. The van der Waals surface area contributed by atoms with Crippen molar-refractivity contribution in [3.8, 4) is 11.5 Å². The van der Waals surface area contributed by atoms with Crippen molar-refractivity contribution >= 4 is 10.0 Å². The Morgan fingerprint density at radius 3 is 2.41 bits per heavy atom. The summed E-state index contributed by atoms with van der Waals surface area (Å²) in [6, 6.07) is 4.09. The quantitative estimate of drug-likeness (QED) is 0.757. The smallest absolute Gasteiger partial charge is 0.208 e. The fourth-order valence-corrected chi connectivity index (χ4v) is 3.21. The number of ether oxygens (including phenoxy) is 2. The summed E-state index contributed by atoms with van der Waals surface area (Å²) >= 11 is 0. The van der Waals surface area contributed by atoms with Gasteiger partial charge in [0, 0.05) is 19.6 Å². The number of sulfonamides is 1. The molecule has 0 aliphatic carbocycles. The van der Waals surface area contributed by atoms with Crippen molar-refractivity contribution in [2.75, 3.05) is 40.1 Å². The van der Waals surface area contributed by atoms with Crippen LogP contribution in [-0.4, -0.2) is 53.4 Å². The molecule has 0 amide bonds. The van der Waals surface area contributed by atoms with E-state index in [4.69, 9.17) is 9.47 Å². The van der Waals surface area contributed by atoms with E-state index in [0.29, 0.717) is 6.54 Å². The number of benzene rings is 1. The fourth-order valence-electron chi connectivity index (χ4n) is 2.69. The van der Waals surface area contributed by atoms with Crippen molar-refractivity contribution in [3.63, 3.8) is 0 Å². The van der Waals surface area contributed by atoms with Crippen LogP contribution >= 0.6 is 0 Å². The van der Waals surface area contributed by atoms with Crippen LogP contribution in [0.25, 0.3) is 0 Å². The zero-order chi connectivity index (χ0) is 16.2. The minimum Gasteiger partial charge on any atom is -0.493 e. The molecule has 1 heterocycles. The second kappa shape index (κ2) is 7.30. The van der Waals surface area contributed by atoms with E-state index < -0.39 is 10.0 Å². The molecule has 1 aliphatic rings. The molecule has 1 aliphatic heterocycles. The standard InChI is InChI=1S/C15H24N2O4S/c1-20-14-9-12-5-8-17(7-4-6-16-22(3,18)19)11-13(12)10-15(14)21-2/h9-10,16H,4-8,11H2,1-3H3. The van der Waals surface area contributed by atoms with Crippen molar-refractivity contribution in [1.82, 2.24) is 9.62 Å². The third kappa shape index (κ3) is 4.59. The number of methoxy groups -OCH3 is 2. The highest BCUT2D eigenvalue weighted by Crippen LogP contribution is 2.33. The van der Waals surface area contributed by atoms with Crippen molar-refractivity contribution in [1.29, 1.82) is 0 Å². The predicted molar refractivity (Wildman–Crippen MR) is 86.0 cm³/mol. The highest BCUT2D eigenvalue weighted by atomic mass is 32.2. The van der Waals surface area contributed by atoms with Gasteiger partial charge in [-0.05, 0) is 42.6 Å². The van der Waals surface area contributed by atoms with Gasteiger partial charge in [-0.3, -0.25) is 4.90 Å². The molecule has 0 fully saturated rings. The van der Waals surface area contributed by atoms with E-state index in [-0.39, 0.29) is 0 Å². The van der Waals surface area contributed by atoms with Crippen molar-refractivity contribution in [2.24, 2.45) is 0 Å². The first-order valence-corrected chi connectivity index (χ1v) is 9.23. The number of rotatable bonds is 7. The molecule has 7 heteroatoms. The maximum absolute atomic E-state index is 11.0. The van der Waals surface area contributed by atoms with Crippen LogP contribution in [0.15, 0.2) is 12.1 Å². The summed E-state index contributed by atoms with van der Waals surface area (Å²) in [6.45, 7) is 3.18. The Labute approximate surface area is 132 Å². The third-order valence-corrected chi connectivity index (χ3v) is 4.54. The molecule has 2 rings (SSSR count). The molecule has 0 saturated heterocycles. The molecule has 22 heavy (non-hydrogen) atoms. The van der Waals surface area contributed by atoms with Crippen LogP contribution < -0.4 is 14.2 Å². The Bertz CT molecular complexity index is 616. The zero-order valence-electron chi connectivity index (χ0n) is 13.4. The van der Waals surface area contributed by atoms with E-state index in [2.05, 4.69) is 15.7 Å². The number of hydrogen-bond acceptors (Lipinski definition) is 5. The SMILES string of the molecule is COc1cc2c(cc1OC)CN(CCCNS(C)(=O)=O)CC2. The summed E-state index contributed by atoms with van der Waals surface area (Å²) in [5.74, 6) is 1.52. The van der Waals surface area contributed by atoms with Crippen LogP contribution in [0.5, 0.6) is 11.5 Å². The molecule has 1 N–H and O–H groups in total. The van der Waals surface area contributed by atoms with Gasteiger partial charge in [0.05, 0.1) is 20.5 Å². The molecule has 6 nitrogen and oxygen atoms in total. The first-order chi connectivity index (χ1) is 10.4. The van der Waals surface area contributed by atoms with E-state index in [1.807, 2.05) is 6.07 Å². The van der Waals surface area contributed by atoms with Gasteiger partial charge in [0.2, 0.25) is 10.0 Å². The molecule has 0 saturated carbocycles. The van der Waals surface area contributed by atoms with E-state index in [9.17, 15) is 8.42 Å². The second-order valence-electron chi connectivity index (χ2n) is 5.52. The minimum absolute atomic E-state index is 0.480. The lowest BCUT2D eigenvalue weighted by Gasteiger charge is -2.29. The van der Waals surface area contributed by atoms with Crippen LogP contribution in [0.1, 0.15) is 17.5 Å². The molecule has 0 unspecified atom stereocenters. The topological polar surface area (TPSA) is 67.9 Å². The van der Waals surface area contributed by atoms with Crippen LogP contribution in [0.2, 0.25) is 0 Å². The fraction of sp³-hybridized carbons (Fsp3) is 0.600. The summed E-state index contributed by atoms with van der Waals surface area (Å²) in [5, 5.41) is 0. The maximum Gasteiger partial charge on any atom is 0.208 e. The lowest BCUT2D eigenvalue weighted by Crippen LogP contribution is -2.33. The Kier molecular flexibility index (Phi) is 5.66. The normalized spacial score (nSPS) is 15.4. The number of fused-ring (bicyclic) bond motifs is 1. The summed E-state index contributed by atoms with van der Waals surface area (Å²) in [7, 11) is 0.196. The average Bonchev–Trinajstić information content (AvgIpc) is 2.49. The summed E-state index contributed by atoms with van der Waals surface area (Å²) in [4.78, 5) is 2.33. The van der Waals surface area contributed by atoms with Gasteiger partial charge < -0.3 is 9.47 Å². The first-order valence-electron chi connectivity index (χ1n) is 7.33. The minimum atomic E-state index is -3.09. The van der Waals surface area contributed by atoms with Gasteiger partial charge in [0.1, 0.15) is 0 Å². The van der Waals surface area contributed by atoms with Crippen molar-refractivity contribution < 1.29 is 17.9 Å². The van der Waals surface area contributed by atoms with Crippen LogP contribution in [0, 0.1) is 0 Å². The van der Waals surface area contributed by atoms with Gasteiger partial charge in [-0.2, -0.15) is 0 Å². The van der Waals surface area contributed by atoms with Gasteiger partial charge >= 0.3 is 0 Å². The monoisotopic (exact) mass is 328 g/mol. The molecular formula is C15H24N2O4S. The van der Waals surface area contributed by atoms with Gasteiger partial charge in [-0.15, -0.1) is 0 Å². The number of hydrogen-bond donors (Lipinski definition) is 1. The van der Waals surface area contributed by atoms with Gasteiger partial charge in [0.25, 0.3) is 0 Å². The molecule has 0 bridgehead atoms. The van der Waals surface area contributed by atoms with Crippen LogP contribution in [0.3, 0.4) is 0 Å². The molecule has 124 valence electrons.